The van der Waals surface area contributed by atoms with E-state index in [0.29, 0.717) is 12.5 Å². The van der Waals surface area contributed by atoms with Crippen molar-refractivity contribution in [1.82, 2.24) is 20.0 Å². The maximum atomic E-state index is 12.7. The van der Waals surface area contributed by atoms with Crippen LogP contribution in [0.4, 0.5) is 13.2 Å². The van der Waals surface area contributed by atoms with Gasteiger partial charge in [0.15, 0.2) is 5.69 Å². The van der Waals surface area contributed by atoms with Crippen molar-refractivity contribution in [1.29, 1.82) is 0 Å². The first-order chi connectivity index (χ1) is 11.0. The number of rotatable bonds is 4. The lowest BCUT2D eigenvalue weighted by atomic mass is 9.97. The Hall–Kier alpha value is -1.57. The fourth-order valence-electron chi connectivity index (χ4n) is 3.22. The Bertz CT molecular complexity index is 595. The predicted molar refractivity (Wildman–Crippen MR) is 84.6 cm³/mol. The first kappa shape index (κ1) is 18.8. The molecular weight excluding hydrogens is 321 g/mol. The lowest BCUT2D eigenvalue weighted by molar-refractivity contribution is -0.141. The topological polar surface area (TPSA) is 50.2 Å². The Balaban J connectivity index is 2.03. The molecule has 1 saturated heterocycles. The monoisotopic (exact) mass is 346 g/mol. The number of alkyl halides is 3. The van der Waals surface area contributed by atoms with Crippen molar-refractivity contribution in [3.63, 3.8) is 0 Å². The van der Waals surface area contributed by atoms with Crippen molar-refractivity contribution < 1.29 is 18.0 Å². The number of halogens is 3. The second-order valence-electron chi connectivity index (χ2n) is 7.36. The molecule has 1 aliphatic heterocycles. The molecule has 1 fully saturated rings. The molecule has 24 heavy (non-hydrogen) atoms. The molecule has 1 aliphatic rings. The van der Waals surface area contributed by atoms with Crippen LogP contribution in [0.5, 0.6) is 0 Å². The number of aromatic nitrogens is 2. The Morgan fingerprint density at radius 3 is 2.62 bits per heavy atom. The van der Waals surface area contributed by atoms with E-state index in [2.05, 4.69) is 22.2 Å². The van der Waals surface area contributed by atoms with E-state index in [-0.39, 0.29) is 5.69 Å². The Labute approximate surface area is 140 Å². The zero-order valence-electron chi connectivity index (χ0n) is 14.6. The molecule has 1 N–H and O–H groups in total. The van der Waals surface area contributed by atoms with Gasteiger partial charge in [-0.1, -0.05) is 6.92 Å². The number of aryl methyl sites for hydroxylation is 1. The smallest absolute Gasteiger partial charge is 0.345 e. The maximum Gasteiger partial charge on any atom is 0.435 e. The Kier molecular flexibility index (Phi) is 5.27. The summed E-state index contributed by atoms with van der Waals surface area (Å²) in [6.07, 6.45) is -2.23. The summed E-state index contributed by atoms with van der Waals surface area (Å²) in [5, 5.41) is 6.21. The van der Waals surface area contributed by atoms with E-state index in [9.17, 15) is 18.0 Å². The molecule has 0 saturated carbocycles. The van der Waals surface area contributed by atoms with E-state index in [4.69, 9.17) is 0 Å². The quantitative estimate of drug-likeness (QED) is 0.912. The highest BCUT2D eigenvalue weighted by Crippen LogP contribution is 2.28. The minimum Gasteiger partial charge on any atom is -0.345 e. The van der Waals surface area contributed by atoms with Crippen LogP contribution in [0.2, 0.25) is 0 Å². The lowest BCUT2D eigenvalue weighted by Gasteiger charge is -2.37. The van der Waals surface area contributed by atoms with E-state index in [1.807, 2.05) is 13.8 Å². The normalized spacial score (nSPS) is 20.2. The fraction of sp³-hybridized carbons (Fsp3) is 0.750. The average molecular weight is 346 g/mol. The SMILES string of the molecule is C[C@@H]1CCCN(CC(C)(C)NC(=O)c2cc(C(F)(F)F)nn2C)C1. The second-order valence-corrected chi connectivity index (χ2v) is 7.36. The third-order valence-corrected chi connectivity index (χ3v) is 4.21. The first-order valence-corrected chi connectivity index (χ1v) is 8.14. The summed E-state index contributed by atoms with van der Waals surface area (Å²) in [5.74, 6) is 0.0761. The summed E-state index contributed by atoms with van der Waals surface area (Å²) < 4.78 is 39.1. The largest absolute Gasteiger partial charge is 0.435 e. The van der Waals surface area contributed by atoms with Crippen LogP contribution < -0.4 is 5.32 Å². The standard InChI is InChI=1S/C16H25F3N4O/c1-11-6-5-7-23(9-11)10-15(2,3)20-14(24)12-8-13(16(17,18)19)21-22(12)4/h8,11H,5-7,9-10H2,1-4H3,(H,20,24)/t11-/m1/s1. The molecule has 0 spiro atoms. The number of piperidine rings is 1. The van der Waals surface area contributed by atoms with Gasteiger partial charge in [-0.25, -0.2) is 0 Å². The van der Waals surface area contributed by atoms with Gasteiger partial charge in [0, 0.05) is 31.7 Å². The second kappa shape index (κ2) is 6.74. The molecule has 2 heterocycles. The van der Waals surface area contributed by atoms with E-state index in [1.165, 1.54) is 13.5 Å². The fourth-order valence-corrected chi connectivity index (χ4v) is 3.22. The Morgan fingerprint density at radius 2 is 2.08 bits per heavy atom. The van der Waals surface area contributed by atoms with Crippen molar-refractivity contribution >= 4 is 5.91 Å². The van der Waals surface area contributed by atoms with Gasteiger partial charge in [-0.05, 0) is 39.2 Å². The number of likely N-dealkylation sites (tertiary alicyclic amines) is 1. The maximum absolute atomic E-state index is 12.7. The van der Waals surface area contributed by atoms with Gasteiger partial charge in [0.2, 0.25) is 0 Å². The molecule has 1 amide bonds. The van der Waals surface area contributed by atoms with Crippen LogP contribution >= 0.6 is 0 Å². The number of nitrogens with zero attached hydrogens (tertiary/aromatic N) is 3. The number of amides is 1. The summed E-state index contributed by atoms with van der Waals surface area (Å²) >= 11 is 0. The third-order valence-electron chi connectivity index (χ3n) is 4.21. The highest BCUT2D eigenvalue weighted by Gasteiger charge is 2.36. The van der Waals surface area contributed by atoms with Crippen LogP contribution in [0, 0.1) is 5.92 Å². The van der Waals surface area contributed by atoms with E-state index in [0.717, 1.165) is 30.3 Å². The number of carbonyl (C=O) groups excluding carboxylic acids is 1. The lowest BCUT2D eigenvalue weighted by Crippen LogP contribution is -2.53. The molecule has 0 aromatic carbocycles. The third kappa shape index (κ3) is 4.72. The molecule has 0 unspecified atom stereocenters. The van der Waals surface area contributed by atoms with E-state index in [1.54, 1.807) is 0 Å². The van der Waals surface area contributed by atoms with Crippen LogP contribution in [0.15, 0.2) is 6.07 Å². The summed E-state index contributed by atoms with van der Waals surface area (Å²) in [5.41, 5.74) is -1.70. The van der Waals surface area contributed by atoms with Gasteiger partial charge in [0.1, 0.15) is 5.69 Å². The molecule has 136 valence electrons. The number of hydrogen-bond acceptors (Lipinski definition) is 3. The van der Waals surface area contributed by atoms with Crippen molar-refractivity contribution in [2.75, 3.05) is 19.6 Å². The molecule has 0 aliphatic carbocycles. The molecule has 1 atom stereocenters. The Morgan fingerprint density at radius 1 is 1.42 bits per heavy atom. The first-order valence-electron chi connectivity index (χ1n) is 8.14. The van der Waals surface area contributed by atoms with Gasteiger partial charge in [0.05, 0.1) is 0 Å². The number of nitrogens with one attached hydrogen (secondary N) is 1. The highest BCUT2D eigenvalue weighted by atomic mass is 19.4. The van der Waals surface area contributed by atoms with Crippen LogP contribution in [0.3, 0.4) is 0 Å². The average Bonchev–Trinajstić information content (AvgIpc) is 2.79. The van der Waals surface area contributed by atoms with Gasteiger partial charge in [-0.15, -0.1) is 0 Å². The summed E-state index contributed by atoms with van der Waals surface area (Å²) in [7, 11) is 1.34. The molecule has 0 radical (unpaired) electrons. The summed E-state index contributed by atoms with van der Waals surface area (Å²) in [6.45, 7) is 8.58. The van der Waals surface area contributed by atoms with Crippen LogP contribution in [0.1, 0.15) is 49.8 Å². The summed E-state index contributed by atoms with van der Waals surface area (Å²) in [6, 6.07) is 0.786. The van der Waals surface area contributed by atoms with Gasteiger partial charge in [0.25, 0.3) is 5.91 Å². The number of hydrogen-bond donors (Lipinski definition) is 1. The summed E-state index contributed by atoms with van der Waals surface area (Å²) in [4.78, 5) is 14.7. The van der Waals surface area contributed by atoms with Gasteiger partial charge < -0.3 is 10.2 Å². The molecule has 1 aromatic rings. The van der Waals surface area contributed by atoms with Crippen molar-refractivity contribution in [3.8, 4) is 0 Å². The minimum absolute atomic E-state index is 0.0950. The van der Waals surface area contributed by atoms with E-state index >= 15 is 0 Å². The molecule has 0 bridgehead atoms. The van der Waals surface area contributed by atoms with Gasteiger partial charge in [-0.3, -0.25) is 9.48 Å². The zero-order chi connectivity index (χ0) is 18.1. The highest BCUT2D eigenvalue weighted by molar-refractivity contribution is 5.93. The van der Waals surface area contributed by atoms with Crippen LogP contribution in [-0.2, 0) is 13.2 Å². The van der Waals surface area contributed by atoms with Gasteiger partial charge in [-0.2, -0.15) is 18.3 Å². The minimum atomic E-state index is -4.56. The van der Waals surface area contributed by atoms with Gasteiger partial charge >= 0.3 is 6.18 Å². The van der Waals surface area contributed by atoms with Crippen LogP contribution in [0.25, 0.3) is 0 Å². The molecule has 1 aromatic heterocycles. The predicted octanol–water partition coefficient (Wildman–Crippen LogP) is 2.68. The van der Waals surface area contributed by atoms with Crippen molar-refractivity contribution in [3.05, 3.63) is 17.5 Å². The zero-order valence-corrected chi connectivity index (χ0v) is 14.6. The van der Waals surface area contributed by atoms with Crippen molar-refractivity contribution in [2.24, 2.45) is 13.0 Å². The molecule has 2 rings (SSSR count). The van der Waals surface area contributed by atoms with Crippen molar-refractivity contribution in [2.45, 2.75) is 45.3 Å². The molecule has 8 heteroatoms. The van der Waals surface area contributed by atoms with E-state index < -0.39 is 23.3 Å². The molecular formula is C16H25F3N4O. The number of carbonyl (C=O) groups is 1. The molecule has 5 nitrogen and oxygen atoms in total. The van der Waals surface area contributed by atoms with Crippen LogP contribution in [-0.4, -0.2) is 45.8 Å².